The van der Waals surface area contributed by atoms with Crippen LogP contribution in [0.3, 0.4) is 0 Å². The number of rotatable bonds is 7. The van der Waals surface area contributed by atoms with Crippen molar-refractivity contribution in [2.45, 2.75) is 19.6 Å². The molecule has 0 bridgehead atoms. The third kappa shape index (κ3) is 5.64. The van der Waals surface area contributed by atoms with Gasteiger partial charge in [-0.05, 0) is 25.1 Å². The van der Waals surface area contributed by atoms with E-state index in [4.69, 9.17) is 15.2 Å². The molecule has 122 valence electrons. The SMILES string of the molecule is COCc1ccccc1NC(N)=NCC(C)Oc1ccccc1. The maximum Gasteiger partial charge on any atom is 0.193 e. The minimum absolute atomic E-state index is 0.0630. The summed E-state index contributed by atoms with van der Waals surface area (Å²) >= 11 is 0. The molecule has 2 aromatic rings. The summed E-state index contributed by atoms with van der Waals surface area (Å²) in [6.07, 6.45) is -0.0630. The van der Waals surface area contributed by atoms with Crippen LogP contribution >= 0.6 is 0 Å². The van der Waals surface area contributed by atoms with Gasteiger partial charge in [0.05, 0.1) is 13.2 Å². The Morgan fingerprint density at radius 2 is 1.83 bits per heavy atom. The minimum Gasteiger partial charge on any atom is -0.489 e. The van der Waals surface area contributed by atoms with Gasteiger partial charge in [-0.25, -0.2) is 4.99 Å². The Kier molecular flexibility index (Phi) is 6.44. The van der Waals surface area contributed by atoms with Crippen LogP contribution in [0.25, 0.3) is 0 Å². The van der Waals surface area contributed by atoms with Crippen molar-refractivity contribution in [3.05, 3.63) is 60.2 Å². The van der Waals surface area contributed by atoms with Gasteiger partial charge in [-0.15, -0.1) is 0 Å². The number of guanidine groups is 1. The third-order valence-corrected chi connectivity index (χ3v) is 3.18. The first kappa shape index (κ1) is 16.8. The maximum absolute atomic E-state index is 5.95. The number of nitrogens with two attached hydrogens (primary N) is 1. The van der Waals surface area contributed by atoms with Crippen LogP contribution in [0.15, 0.2) is 59.6 Å². The van der Waals surface area contributed by atoms with E-state index in [1.54, 1.807) is 7.11 Å². The van der Waals surface area contributed by atoms with E-state index in [1.807, 2.05) is 61.5 Å². The van der Waals surface area contributed by atoms with Crippen LogP contribution in [-0.4, -0.2) is 25.7 Å². The number of methoxy groups -OCH3 is 1. The summed E-state index contributed by atoms with van der Waals surface area (Å²) in [5.41, 5.74) is 7.88. The van der Waals surface area contributed by atoms with Crippen LogP contribution in [0.1, 0.15) is 12.5 Å². The summed E-state index contributed by atoms with van der Waals surface area (Å²) in [7, 11) is 1.66. The first-order valence-corrected chi connectivity index (χ1v) is 7.54. The van der Waals surface area contributed by atoms with E-state index < -0.39 is 0 Å². The van der Waals surface area contributed by atoms with Gasteiger partial charge < -0.3 is 20.5 Å². The highest BCUT2D eigenvalue weighted by atomic mass is 16.5. The number of anilines is 1. The van der Waals surface area contributed by atoms with Gasteiger partial charge in [0.2, 0.25) is 0 Å². The van der Waals surface area contributed by atoms with E-state index in [9.17, 15) is 0 Å². The van der Waals surface area contributed by atoms with E-state index in [2.05, 4.69) is 10.3 Å². The molecular weight excluding hydrogens is 290 g/mol. The number of benzene rings is 2. The van der Waals surface area contributed by atoms with Gasteiger partial charge in [0.25, 0.3) is 0 Å². The zero-order valence-corrected chi connectivity index (χ0v) is 13.5. The molecule has 0 fully saturated rings. The van der Waals surface area contributed by atoms with Crippen molar-refractivity contribution in [3.8, 4) is 5.75 Å². The highest BCUT2D eigenvalue weighted by Crippen LogP contribution is 2.15. The molecule has 3 N–H and O–H groups in total. The van der Waals surface area contributed by atoms with Crippen molar-refractivity contribution in [2.75, 3.05) is 19.0 Å². The average molecular weight is 313 g/mol. The molecule has 1 atom stereocenters. The van der Waals surface area contributed by atoms with Gasteiger partial charge in [0, 0.05) is 18.4 Å². The normalized spacial score (nSPS) is 12.7. The monoisotopic (exact) mass is 313 g/mol. The third-order valence-electron chi connectivity index (χ3n) is 3.18. The summed E-state index contributed by atoms with van der Waals surface area (Å²) in [5, 5.41) is 3.11. The number of aliphatic imine (C=N–C) groups is 1. The van der Waals surface area contributed by atoms with Gasteiger partial charge in [-0.3, -0.25) is 0 Å². The lowest BCUT2D eigenvalue weighted by Gasteiger charge is -2.14. The summed E-state index contributed by atoms with van der Waals surface area (Å²) in [6.45, 7) is 2.95. The summed E-state index contributed by atoms with van der Waals surface area (Å²) < 4.78 is 10.9. The summed E-state index contributed by atoms with van der Waals surface area (Å²) in [4.78, 5) is 4.33. The second-order valence-corrected chi connectivity index (χ2v) is 5.18. The Morgan fingerprint density at radius 3 is 2.57 bits per heavy atom. The minimum atomic E-state index is -0.0630. The van der Waals surface area contributed by atoms with Gasteiger partial charge in [0.1, 0.15) is 11.9 Å². The zero-order valence-electron chi connectivity index (χ0n) is 13.5. The fourth-order valence-corrected chi connectivity index (χ4v) is 2.10. The predicted molar refractivity (Wildman–Crippen MR) is 93.8 cm³/mol. The highest BCUT2D eigenvalue weighted by Gasteiger charge is 2.05. The van der Waals surface area contributed by atoms with Gasteiger partial charge in [-0.2, -0.15) is 0 Å². The molecule has 0 aliphatic rings. The topological polar surface area (TPSA) is 68.9 Å². The second kappa shape index (κ2) is 8.80. The molecule has 0 aliphatic heterocycles. The molecule has 0 radical (unpaired) electrons. The van der Waals surface area contributed by atoms with E-state index >= 15 is 0 Å². The molecule has 2 rings (SSSR count). The molecule has 5 heteroatoms. The van der Waals surface area contributed by atoms with Crippen LogP contribution in [-0.2, 0) is 11.3 Å². The van der Waals surface area contributed by atoms with E-state index in [0.717, 1.165) is 17.0 Å². The van der Waals surface area contributed by atoms with E-state index in [1.165, 1.54) is 0 Å². The molecule has 1 unspecified atom stereocenters. The van der Waals surface area contributed by atoms with Gasteiger partial charge in [-0.1, -0.05) is 36.4 Å². The summed E-state index contributed by atoms with van der Waals surface area (Å²) in [6, 6.07) is 17.5. The Bertz CT molecular complexity index is 629. The first-order valence-electron chi connectivity index (χ1n) is 7.54. The lowest BCUT2D eigenvalue weighted by atomic mass is 10.2. The molecule has 0 spiro atoms. The number of para-hydroxylation sites is 2. The van der Waals surface area contributed by atoms with Crippen LogP contribution in [0.4, 0.5) is 5.69 Å². The smallest absolute Gasteiger partial charge is 0.193 e. The molecular formula is C18H23N3O2. The Morgan fingerprint density at radius 1 is 1.13 bits per heavy atom. The van der Waals surface area contributed by atoms with Crippen molar-refractivity contribution in [3.63, 3.8) is 0 Å². The van der Waals surface area contributed by atoms with Crippen LogP contribution in [0.5, 0.6) is 5.75 Å². The first-order chi connectivity index (χ1) is 11.2. The zero-order chi connectivity index (χ0) is 16.5. The van der Waals surface area contributed by atoms with Crippen LogP contribution in [0, 0.1) is 0 Å². The number of ether oxygens (including phenoxy) is 2. The van der Waals surface area contributed by atoms with E-state index in [0.29, 0.717) is 19.1 Å². The molecule has 0 heterocycles. The lowest BCUT2D eigenvalue weighted by molar-refractivity contribution is 0.185. The fraction of sp³-hybridized carbons (Fsp3) is 0.278. The number of hydrogen-bond donors (Lipinski definition) is 2. The standard InChI is InChI=1S/C18H23N3O2/c1-14(23-16-9-4-3-5-10-16)12-20-18(19)21-17-11-7-6-8-15(17)13-22-2/h3-11,14H,12-13H2,1-2H3,(H3,19,20,21). The van der Waals surface area contributed by atoms with Crippen molar-refractivity contribution >= 4 is 11.6 Å². The van der Waals surface area contributed by atoms with Crippen molar-refractivity contribution in [1.29, 1.82) is 0 Å². The maximum atomic E-state index is 5.95. The Balaban J connectivity index is 1.90. The molecule has 0 amide bonds. The van der Waals surface area contributed by atoms with Crippen LogP contribution < -0.4 is 15.8 Å². The molecule has 23 heavy (non-hydrogen) atoms. The molecule has 0 saturated carbocycles. The van der Waals surface area contributed by atoms with Crippen molar-refractivity contribution in [1.82, 2.24) is 0 Å². The van der Waals surface area contributed by atoms with Crippen molar-refractivity contribution < 1.29 is 9.47 Å². The second-order valence-electron chi connectivity index (χ2n) is 5.18. The highest BCUT2D eigenvalue weighted by molar-refractivity contribution is 5.92. The quantitative estimate of drug-likeness (QED) is 0.609. The van der Waals surface area contributed by atoms with E-state index in [-0.39, 0.29) is 6.10 Å². The number of nitrogens with one attached hydrogen (secondary N) is 1. The van der Waals surface area contributed by atoms with Crippen molar-refractivity contribution in [2.24, 2.45) is 10.7 Å². The average Bonchev–Trinajstić information content (AvgIpc) is 2.56. The van der Waals surface area contributed by atoms with Gasteiger partial charge in [0.15, 0.2) is 5.96 Å². The predicted octanol–water partition coefficient (Wildman–Crippen LogP) is 3.03. The molecule has 2 aromatic carbocycles. The summed E-state index contributed by atoms with van der Waals surface area (Å²) in [5.74, 6) is 1.18. The molecule has 0 aromatic heterocycles. The Labute approximate surface area is 137 Å². The molecule has 0 aliphatic carbocycles. The largest absolute Gasteiger partial charge is 0.489 e. The molecule has 5 nitrogen and oxygen atoms in total. The number of nitrogens with zero attached hydrogens (tertiary/aromatic N) is 1. The lowest BCUT2D eigenvalue weighted by Crippen LogP contribution is -2.26. The fourth-order valence-electron chi connectivity index (χ4n) is 2.10. The Hall–Kier alpha value is -2.53. The van der Waals surface area contributed by atoms with Crippen LogP contribution in [0.2, 0.25) is 0 Å². The van der Waals surface area contributed by atoms with Gasteiger partial charge >= 0.3 is 0 Å². The molecule has 0 saturated heterocycles. The number of hydrogen-bond acceptors (Lipinski definition) is 3.